The van der Waals surface area contributed by atoms with Gasteiger partial charge in [0.25, 0.3) is 0 Å². The van der Waals surface area contributed by atoms with Crippen LogP contribution in [-0.2, 0) is 19.6 Å². The van der Waals surface area contributed by atoms with Gasteiger partial charge in [-0.2, -0.15) is 4.31 Å². The topological polar surface area (TPSA) is 86.8 Å². The van der Waals surface area contributed by atoms with Crippen molar-refractivity contribution < 1.29 is 18.0 Å². The zero-order valence-corrected chi connectivity index (χ0v) is 20.0. The van der Waals surface area contributed by atoms with Gasteiger partial charge in [-0.1, -0.05) is 55.2 Å². The van der Waals surface area contributed by atoms with Crippen LogP contribution in [0.3, 0.4) is 0 Å². The number of carbonyl (C=O) groups excluding carboxylic acids is 2. The fraction of sp³-hybridized carbons (Fsp3) is 0.440. The summed E-state index contributed by atoms with van der Waals surface area (Å²) in [7, 11) is -3.94. The van der Waals surface area contributed by atoms with Crippen LogP contribution >= 0.6 is 0 Å². The lowest BCUT2D eigenvalue weighted by Crippen LogP contribution is -2.70. The van der Waals surface area contributed by atoms with Crippen molar-refractivity contribution in [3.8, 4) is 0 Å². The minimum Gasteiger partial charge on any atom is -0.351 e. The number of hydrogen-bond donors (Lipinski definition) is 1. The molecule has 1 aliphatic heterocycles. The molecule has 2 amide bonds. The second-order valence-electron chi connectivity index (χ2n) is 9.23. The Balaban J connectivity index is 1.71. The number of piperazine rings is 1. The van der Waals surface area contributed by atoms with Crippen molar-refractivity contribution in [2.24, 2.45) is 0 Å². The first-order chi connectivity index (χ1) is 15.7. The number of amides is 2. The second-order valence-corrected chi connectivity index (χ2v) is 11.2. The van der Waals surface area contributed by atoms with Gasteiger partial charge in [-0.3, -0.25) is 14.5 Å². The van der Waals surface area contributed by atoms with Crippen LogP contribution in [0.5, 0.6) is 0 Å². The van der Waals surface area contributed by atoms with Crippen LogP contribution in [0.15, 0.2) is 59.5 Å². The van der Waals surface area contributed by atoms with Crippen LogP contribution in [0.1, 0.15) is 44.6 Å². The van der Waals surface area contributed by atoms with E-state index >= 15 is 0 Å². The SMILES string of the molecule is Cc1ccc(N2C(=O)CN(S(=O)(=O)c3ccccc3)C[C@]2(C)C(=O)NC2CCCCC2)cc1. The Morgan fingerprint density at radius 3 is 2.27 bits per heavy atom. The van der Waals surface area contributed by atoms with Crippen LogP contribution in [0, 0.1) is 6.92 Å². The number of nitrogens with zero attached hydrogens (tertiary/aromatic N) is 2. The fourth-order valence-electron chi connectivity index (χ4n) is 4.76. The smallest absolute Gasteiger partial charge is 0.247 e. The third-order valence-corrected chi connectivity index (χ3v) is 8.45. The molecule has 0 aromatic heterocycles. The molecule has 1 saturated heterocycles. The molecule has 2 fully saturated rings. The number of benzene rings is 2. The van der Waals surface area contributed by atoms with E-state index in [0.717, 1.165) is 42.0 Å². The highest BCUT2D eigenvalue weighted by atomic mass is 32.2. The molecule has 0 bridgehead atoms. The highest BCUT2D eigenvalue weighted by molar-refractivity contribution is 7.89. The Kier molecular flexibility index (Phi) is 6.59. The lowest BCUT2D eigenvalue weighted by atomic mass is 9.91. The van der Waals surface area contributed by atoms with E-state index in [0.29, 0.717) is 5.69 Å². The zero-order chi connectivity index (χ0) is 23.6. The van der Waals surface area contributed by atoms with Crippen molar-refractivity contribution in [2.45, 2.75) is 62.4 Å². The first-order valence-electron chi connectivity index (χ1n) is 11.5. The highest BCUT2D eigenvalue weighted by Crippen LogP contribution is 2.33. The van der Waals surface area contributed by atoms with Crippen LogP contribution in [0.4, 0.5) is 5.69 Å². The molecule has 176 valence electrons. The molecule has 1 atom stereocenters. The number of anilines is 1. The van der Waals surface area contributed by atoms with E-state index in [1.807, 2.05) is 19.1 Å². The van der Waals surface area contributed by atoms with Crippen molar-refractivity contribution in [3.63, 3.8) is 0 Å². The molecular weight excluding hydrogens is 438 g/mol. The van der Waals surface area contributed by atoms with Gasteiger partial charge in [0.05, 0.1) is 11.4 Å². The number of sulfonamides is 1. The van der Waals surface area contributed by atoms with E-state index in [1.54, 1.807) is 37.3 Å². The van der Waals surface area contributed by atoms with Crippen LogP contribution < -0.4 is 10.2 Å². The summed E-state index contributed by atoms with van der Waals surface area (Å²) in [5, 5.41) is 3.12. The molecule has 0 spiro atoms. The number of hydrogen-bond acceptors (Lipinski definition) is 4. The standard InChI is InChI=1S/C25H31N3O4S/c1-19-13-15-21(16-14-19)28-23(29)17-27(33(31,32)22-11-7-4-8-12-22)18-25(28,2)24(30)26-20-9-5-3-6-10-20/h4,7-8,11-16,20H,3,5-6,9-10,17-18H2,1-2H3,(H,26,30)/t25-/m1/s1. The number of aryl methyl sites for hydroxylation is 1. The first-order valence-corrected chi connectivity index (χ1v) is 12.9. The third-order valence-electron chi connectivity index (χ3n) is 6.64. The van der Waals surface area contributed by atoms with E-state index in [2.05, 4.69) is 5.32 Å². The van der Waals surface area contributed by atoms with Gasteiger partial charge >= 0.3 is 0 Å². The molecule has 4 rings (SSSR count). The van der Waals surface area contributed by atoms with Gasteiger partial charge in [-0.25, -0.2) is 8.42 Å². The quantitative estimate of drug-likeness (QED) is 0.728. The van der Waals surface area contributed by atoms with Gasteiger partial charge in [0.1, 0.15) is 5.54 Å². The Labute approximate surface area is 195 Å². The van der Waals surface area contributed by atoms with E-state index in [9.17, 15) is 18.0 Å². The normalized spacial score (nSPS) is 22.8. The molecule has 33 heavy (non-hydrogen) atoms. The van der Waals surface area contributed by atoms with E-state index < -0.39 is 21.5 Å². The summed E-state index contributed by atoms with van der Waals surface area (Å²) < 4.78 is 27.8. The molecule has 0 unspecified atom stereocenters. The number of rotatable bonds is 5. The van der Waals surface area contributed by atoms with Crippen molar-refractivity contribution in [1.82, 2.24) is 9.62 Å². The highest BCUT2D eigenvalue weighted by Gasteiger charge is 2.51. The van der Waals surface area contributed by atoms with Gasteiger partial charge < -0.3 is 5.32 Å². The maximum atomic E-state index is 13.7. The van der Waals surface area contributed by atoms with E-state index in [4.69, 9.17) is 0 Å². The number of nitrogens with one attached hydrogen (secondary N) is 1. The summed E-state index contributed by atoms with van der Waals surface area (Å²) in [5.74, 6) is -0.748. The maximum Gasteiger partial charge on any atom is 0.247 e. The molecule has 7 nitrogen and oxygen atoms in total. The Morgan fingerprint density at radius 1 is 1.00 bits per heavy atom. The lowest BCUT2D eigenvalue weighted by Gasteiger charge is -2.47. The van der Waals surface area contributed by atoms with Crippen LogP contribution in [0.25, 0.3) is 0 Å². The average Bonchev–Trinajstić information content (AvgIpc) is 2.81. The molecule has 2 aromatic carbocycles. The van der Waals surface area contributed by atoms with Gasteiger partial charge in [-0.15, -0.1) is 0 Å². The van der Waals surface area contributed by atoms with E-state index in [-0.39, 0.29) is 29.9 Å². The van der Waals surface area contributed by atoms with Crippen LogP contribution in [0.2, 0.25) is 0 Å². The first kappa shape index (κ1) is 23.4. The lowest BCUT2D eigenvalue weighted by molar-refractivity contribution is -0.133. The van der Waals surface area contributed by atoms with Gasteiger partial charge in [0, 0.05) is 18.3 Å². The predicted molar refractivity (Wildman–Crippen MR) is 127 cm³/mol. The zero-order valence-electron chi connectivity index (χ0n) is 19.2. The van der Waals surface area contributed by atoms with Crippen molar-refractivity contribution in [1.29, 1.82) is 0 Å². The molecule has 2 aromatic rings. The largest absolute Gasteiger partial charge is 0.351 e. The Hall–Kier alpha value is -2.71. The average molecular weight is 470 g/mol. The predicted octanol–water partition coefficient (Wildman–Crippen LogP) is 3.24. The molecule has 8 heteroatoms. The molecule has 1 saturated carbocycles. The Bertz CT molecular complexity index is 1110. The maximum absolute atomic E-state index is 13.7. The van der Waals surface area contributed by atoms with Crippen molar-refractivity contribution in [2.75, 3.05) is 18.0 Å². The van der Waals surface area contributed by atoms with Gasteiger partial charge in [-0.05, 0) is 51.0 Å². The minimum atomic E-state index is -3.94. The van der Waals surface area contributed by atoms with Gasteiger partial charge in [0.2, 0.25) is 21.8 Å². The minimum absolute atomic E-state index is 0.0409. The molecule has 0 radical (unpaired) electrons. The summed E-state index contributed by atoms with van der Waals surface area (Å²) in [6, 6.07) is 15.5. The van der Waals surface area contributed by atoms with Crippen molar-refractivity contribution in [3.05, 3.63) is 60.2 Å². The molecular formula is C25H31N3O4S. The second kappa shape index (κ2) is 9.27. The third kappa shape index (κ3) is 4.68. The fourth-order valence-corrected chi connectivity index (χ4v) is 6.26. The summed E-state index contributed by atoms with van der Waals surface area (Å²) in [5.41, 5.74) is 0.234. The monoisotopic (exact) mass is 469 g/mol. The summed E-state index contributed by atoms with van der Waals surface area (Å²) in [6.07, 6.45) is 5.05. The molecule has 1 N–H and O–H groups in total. The summed E-state index contributed by atoms with van der Waals surface area (Å²) in [4.78, 5) is 28.7. The summed E-state index contributed by atoms with van der Waals surface area (Å²) >= 11 is 0. The van der Waals surface area contributed by atoms with Crippen molar-refractivity contribution >= 4 is 27.5 Å². The number of carbonyl (C=O) groups is 2. The molecule has 2 aliphatic rings. The molecule has 1 heterocycles. The van der Waals surface area contributed by atoms with Crippen LogP contribution in [-0.4, -0.2) is 49.2 Å². The summed E-state index contributed by atoms with van der Waals surface area (Å²) in [6.45, 7) is 3.17. The molecule has 1 aliphatic carbocycles. The Morgan fingerprint density at radius 2 is 1.64 bits per heavy atom. The van der Waals surface area contributed by atoms with Gasteiger partial charge in [0.15, 0.2) is 0 Å². The van der Waals surface area contributed by atoms with E-state index in [1.165, 1.54) is 17.0 Å².